The van der Waals surface area contributed by atoms with Crippen molar-refractivity contribution >= 4 is 5.97 Å². The fourth-order valence-electron chi connectivity index (χ4n) is 3.67. The first-order valence-electron chi connectivity index (χ1n) is 10.5. The van der Waals surface area contributed by atoms with E-state index in [0.29, 0.717) is 24.4 Å². The van der Waals surface area contributed by atoms with Gasteiger partial charge in [-0.1, -0.05) is 36.4 Å². The summed E-state index contributed by atoms with van der Waals surface area (Å²) in [7, 11) is 0. The van der Waals surface area contributed by atoms with Crippen molar-refractivity contribution in [3.8, 4) is 5.75 Å². The number of aliphatic carboxylic acids is 1. The zero-order chi connectivity index (χ0) is 23.4. The number of nitrogens with one attached hydrogen (secondary N) is 1. The Labute approximate surface area is 189 Å². The number of halogens is 3. The van der Waals surface area contributed by atoms with Crippen molar-refractivity contribution in [2.24, 2.45) is 0 Å². The molecule has 1 atom stereocenters. The monoisotopic (exact) mass is 456 g/mol. The summed E-state index contributed by atoms with van der Waals surface area (Å²) in [6.07, 6.45) is 3.73. The van der Waals surface area contributed by atoms with Gasteiger partial charge in [-0.05, 0) is 47.0 Å². The number of benzene rings is 2. The number of carboxylic acids is 1. The molecule has 0 saturated carbocycles. The van der Waals surface area contributed by atoms with E-state index in [1.54, 1.807) is 0 Å². The van der Waals surface area contributed by atoms with E-state index in [1.165, 1.54) is 12.1 Å². The van der Waals surface area contributed by atoms with Crippen molar-refractivity contribution in [2.75, 3.05) is 13.1 Å². The molecule has 0 aliphatic carbocycles. The number of dihydropyridines is 1. The van der Waals surface area contributed by atoms with Crippen LogP contribution in [0.5, 0.6) is 5.75 Å². The number of hydrogen-bond donors (Lipinski definition) is 2. The molecule has 1 unspecified atom stereocenters. The Morgan fingerprint density at radius 3 is 2.48 bits per heavy atom. The molecule has 0 amide bonds. The highest BCUT2D eigenvalue weighted by Gasteiger charge is 2.29. The second-order valence-corrected chi connectivity index (χ2v) is 7.90. The topological polar surface area (TPSA) is 61.8 Å². The minimum absolute atomic E-state index is 0.0112. The predicted octanol–water partition coefficient (Wildman–Crippen LogP) is 5.04. The first-order valence-corrected chi connectivity index (χ1v) is 10.5. The molecular weight excluding hydrogens is 433 g/mol. The number of rotatable bonds is 7. The van der Waals surface area contributed by atoms with Crippen LogP contribution < -0.4 is 10.1 Å². The van der Waals surface area contributed by atoms with E-state index in [9.17, 15) is 18.0 Å². The molecule has 0 saturated heterocycles. The maximum absolute atomic E-state index is 12.7. The molecule has 0 spiro atoms. The van der Waals surface area contributed by atoms with Gasteiger partial charge >= 0.3 is 12.1 Å². The SMILES string of the molecule is O=C(O)CCN1C=CC2=C(C=CC(c3ccc(OCc4ccc(C(F)(F)F)cc4)cc3)N2)C1. The summed E-state index contributed by atoms with van der Waals surface area (Å²) in [5, 5.41) is 12.3. The molecule has 2 aromatic carbocycles. The van der Waals surface area contributed by atoms with Gasteiger partial charge in [0.15, 0.2) is 0 Å². The Hall–Kier alpha value is -3.68. The number of carboxylic acid groups (broad SMARTS) is 1. The molecule has 0 bridgehead atoms. The van der Waals surface area contributed by atoms with Crippen molar-refractivity contribution in [2.45, 2.75) is 25.2 Å². The predicted molar refractivity (Wildman–Crippen MR) is 117 cm³/mol. The third kappa shape index (κ3) is 5.77. The van der Waals surface area contributed by atoms with Crippen LogP contribution in [0.25, 0.3) is 0 Å². The van der Waals surface area contributed by atoms with E-state index in [4.69, 9.17) is 9.84 Å². The molecule has 172 valence electrons. The molecule has 2 N–H and O–H groups in total. The fraction of sp³-hybridized carbons (Fsp3) is 0.240. The van der Waals surface area contributed by atoms with Gasteiger partial charge in [0.25, 0.3) is 0 Å². The molecule has 4 rings (SSSR count). The number of carbonyl (C=O) groups is 1. The van der Waals surface area contributed by atoms with E-state index in [1.807, 2.05) is 41.4 Å². The summed E-state index contributed by atoms with van der Waals surface area (Å²) in [6.45, 7) is 1.30. The maximum Gasteiger partial charge on any atom is 0.416 e. The Morgan fingerprint density at radius 2 is 1.82 bits per heavy atom. The van der Waals surface area contributed by atoms with Crippen LogP contribution >= 0.6 is 0 Å². The molecule has 0 aromatic heterocycles. The minimum Gasteiger partial charge on any atom is -0.489 e. The summed E-state index contributed by atoms with van der Waals surface area (Å²) < 4.78 is 43.7. The third-order valence-electron chi connectivity index (χ3n) is 5.51. The van der Waals surface area contributed by atoms with E-state index in [2.05, 4.69) is 17.5 Å². The summed E-state index contributed by atoms with van der Waals surface area (Å²) in [6, 6.07) is 12.5. The van der Waals surface area contributed by atoms with Crippen LogP contribution in [0.3, 0.4) is 0 Å². The Bertz CT molecular complexity index is 1090. The largest absolute Gasteiger partial charge is 0.489 e. The lowest BCUT2D eigenvalue weighted by atomic mass is 9.98. The minimum atomic E-state index is -4.35. The normalized spacial score (nSPS) is 17.5. The summed E-state index contributed by atoms with van der Waals surface area (Å²) in [4.78, 5) is 12.7. The van der Waals surface area contributed by atoms with Crippen LogP contribution in [0.1, 0.15) is 29.2 Å². The fourth-order valence-corrected chi connectivity index (χ4v) is 3.67. The average Bonchev–Trinajstić information content (AvgIpc) is 2.81. The molecule has 8 heteroatoms. The molecule has 2 heterocycles. The van der Waals surface area contributed by atoms with Gasteiger partial charge in [0.05, 0.1) is 18.0 Å². The van der Waals surface area contributed by atoms with Gasteiger partial charge in [0, 0.05) is 25.0 Å². The van der Waals surface area contributed by atoms with E-state index in [0.717, 1.165) is 29.0 Å². The highest BCUT2D eigenvalue weighted by atomic mass is 19.4. The van der Waals surface area contributed by atoms with Crippen molar-refractivity contribution < 1.29 is 27.8 Å². The molecule has 33 heavy (non-hydrogen) atoms. The Morgan fingerprint density at radius 1 is 1.09 bits per heavy atom. The van der Waals surface area contributed by atoms with E-state index in [-0.39, 0.29) is 19.1 Å². The molecule has 2 aromatic rings. The molecule has 2 aliphatic heterocycles. The van der Waals surface area contributed by atoms with Crippen LogP contribution in [0, 0.1) is 0 Å². The van der Waals surface area contributed by atoms with Gasteiger partial charge in [-0.2, -0.15) is 13.2 Å². The number of nitrogens with zero attached hydrogens (tertiary/aromatic N) is 1. The van der Waals surface area contributed by atoms with Gasteiger partial charge in [-0.25, -0.2) is 0 Å². The molecule has 0 fully saturated rings. The Balaban J connectivity index is 1.31. The van der Waals surface area contributed by atoms with Gasteiger partial charge in [0.2, 0.25) is 0 Å². The number of ether oxygens (including phenoxy) is 1. The van der Waals surface area contributed by atoms with Crippen molar-refractivity contribution in [1.29, 1.82) is 0 Å². The van der Waals surface area contributed by atoms with Crippen LogP contribution in [0.2, 0.25) is 0 Å². The highest BCUT2D eigenvalue weighted by molar-refractivity contribution is 5.66. The average molecular weight is 456 g/mol. The molecule has 2 aliphatic rings. The van der Waals surface area contributed by atoms with Crippen LogP contribution in [0.4, 0.5) is 13.2 Å². The highest BCUT2D eigenvalue weighted by Crippen LogP contribution is 2.30. The van der Waals surface area contributed by atoms with Crippen molar-refractivity contribution in [3.05, 3.63) is 101 Å². The summed E-state index contributed by atoms with van der Waals surface area (Å²) in [5.41, 5.74) is 3.14. The lowest BCUT2D eigenvalue weighted by Gasteiger charge is -2.31. The van der Waals surface area contributed by atoms with Crippen molar-refractivity contribution in [3.63, 3.8) is 0 Å². The zero-order valence-corrected chi connectivity index (χ0v) is 17.7. The maximum atomic E-state index is 12.7. The second-order valence-electron chi connectivity index (χ2n) is 7.90. The van der Waals surface area contributed by atoms with Gasteiger partial charge in [-0.3, -0.25) is 4.79 Å². The molecular formula is C25H23F3N2O3. The van der Waals surface area contributed by atoms with Gasteiger partial charge in [-0.15, -0.1) is 0 Å². The lowest BCUT2D eigenvalue weighted by Crippen LogP contribution is -2.31. The quantitative estimate of drug-likeness (QED) is 0.611. The van der Waals surface area contributed by atoms with Crippen LogP contribution in [0.15, 0.2) is 84.2 Å². The first-order chi connectivity index (χ1) is 15.8. The smallest absolute Gasteiger partial charge is 0.416 e. The van der Waals surface area contributed by atoms with Crippen LogP contribution in [-0.4, -0.2) is 29.1 Å². The second kappa shape index (κ2) is 9.44. The first kappa shape index (κ1) is 22.5. The summed E-state index contributed by atoms with van der Waals surface area (Å²) in [5.74, 6) is -0.183. The van der Waals surface area contributed by atoms with Gasteiger partial charge < -0.3 is 20.1 Å². The van der Waals surface area contributed by atoms with E-state index < -0.39 is 17.7 Å². The number of alkyl halides is 3. The lowest BCUT2D eigenvalue weighted by molar-refractivity contribution is -0.138. The van der Waals surface area contributed by atoms with Crippen molar-refractivity contribution in [1.82, 2.24) is 10.2 Å². The zero-order valence-electron chi connectivity index (χ0n) is 17.7. The molecule has 0 radical (unpaired) electrons. The number of allylic oxidation sites excluding steroid dienone is 1. The summed E-state index contributed by atoms with van der Waals surface area (Å²) >= 11 is 0. The number of hydrogen-bond acceptors (Lipinski definition) is 4. The van der Waals surface area contributed by atoms with Crippen LogP contribution in [-0.2, 0) is 17.6 Å². The molecule has 5 nitrogen and oxygen atoms in total. The third-order valence-corrected chi connectivity index (χ3v) is 5.51. The van der Waals surface area contributed by atoms with E-state index >= 15 is 0 Å². The standard InChI is InChI=1S/C25H23F3N2O3/c26-25(27,28)20-6-1-17(2-7-20)16-33-21-8-3-18(4-9-21)22-10-5-19-15-30(14-12-24(31)32)13-11-23(19)29-22/h1-11,13,22,29H,12,14-16H2,(H,31,32). The Kier molecular flexibility index (Phi) is 6.44. The van der Waals surface area contributed by atoms with Gasteiger partial charge in [0.1, 0.15) is 12.4 Å².